The van der Waals surface area contributed by atoms with E-state index in [1.54, 1.807) is 0 Å². The highest BCUT2D eigenvalue weighted by molar-refractivity contribution is 5.94. The largest absolute Gasteiger partial charge is 0.435 e. The topological polar surface area (TPSA) is 38.3 Å². The van der Waals surface area contributed by atoms with Crippen LogP contribution in [0.1, 0.15) is 21.5 Å². The molecule has 0 unspecified atom stereocenters. The summed E-state index contributed by atoms with van der Waals surface area (Å²) in [5.41, 5.74) is 2.54. The summed E-state index contributed by atoms with van der Waals surface area (Å²) >= 11 is 0. The van der Waals surface area contributed by atoms with Gasteiger partial charge in [-0.3, -0.25) is 4.79 Å². The zero-order valence-corrected chi connectivity index (χ0v) is 11.5. The van der Waals surface area contributed by atoms with Gasteiger partial charge in [-0.15, -0.1) is 0 Å². The molecule has 0 atom stereocenters. The first-order valence-corrected chi connectivity index (χ1v) is 6.43. The van der Waals surface area contributed by atoms with Gasteiger partial charge in [-0.05, 0) is 36.8 Å². The predicted molar refractivity (Wildman–Crippen MR) is 75.4 cm³/mol. The molecule has 0 aliphatic carbocycles. The fourth-order valence-corrected chi connectivity index (χ4v) is 1.78. The Hall–Kier alpha value is -2.43. The molecule has 0 heterocycles. The van der Waals surface area contributed by atoms with Gasteiger partial charge in [0.1, 0.15) is 5.75 Å². The minimum absolute atomic E-state index is 0.0279. The molecule has 3 nitrogen and oxygen atoms in total. The van der Waals surface area contributed by atoms with Gasteiger partial charge in [0.2, 0.25) is 0 Å². The second-order valence-electron chi connectivity index (χ2n) is 4.57. The van der Waals surface area contributed by atoms with E-state index in [4.69, 9.17) is 0 Å². The molecule has 0 aromatic heterocycles. The van der Waals surface area contributed by atoms with Crippen LogP contribution in [0.3, 0.4) is 0 Å². The lowest BCUT2D eigenvalue weighted by molar-refractivity contribution is -0.0498. The van der Waals surface area contributed by atoms with Crippen molar-refractivity contribution in [3.63, 3.8) is 0 Å². The second kappa shape index (κ2) is 6.83. The average molecular weight is 291 g/mol. The van der Waals surface area contributed by atoms with Crippen molar-refractivity contribution in [2.24, 2.45) is 0 Å². The summed E-state index contributed by atoms with van der Waals surface area (Å²) in [5, 5.41) is 2.77. The van der Waals surface area contributed by atoms with Crippen molar-refractivity contribution in [2.75, 3.05) is 0 Å². The van der Waals surface area contributed by atoms with Gasteiger partial charge in [-0.2, -0.15) is 8.78 Å². The number of halogens is 2. The van der Waals surface area contributed by atoms with Crippen LogP contribution in [0.15, 0.2) is 48.5 Å². The van der Waals surface area contributed by atoms with Gasteiger partial charge in [0.15, 0.2) is 0 Å². The van der Waals surface area contributed by atoms with E-state index in [1.165, 1.54) is 24.3 Å². The molecule has 1 amide bonds. The van der Waals surface area contributed by atoms with E-state index in [0.29, 0.717) is 12.1 Å². The summed E-state index contributed by atoms with van der Waals surface area (Å²) in [6.45, 7) is -0.467. The van der Waals surface area contributed by atoms with Crippen molar-refractivity contribution < 1.29 is 18.3 Å². The number of amides is 1. The number of hydrogen-bond acceptors (Lipinski definition) is 2. The maximum atomic E-state index is 12.0. The first-order chi connectivity index (χ1) is 10.0. The fraction of sp³-hybridized carbons (Fsp3) is 0.188. The molecule has 0 saturated carbocycles. The molecule has 0 fully saturated rings. The van der Waals surface area contributed by atoms with Crippen molar-refractivity contribution in [1.82, 2.24) is 5.32 Å². The Bertz CT molecular complexity index is 595. The Kier molecular flexibility index (Phi) is 4.87. The maximum Gasteiger partial charge on any atom is 0.387 e. The standard InChI is InChI=1S/C16H15F2NO2/c1-11-2-4-12(5-3-11)10-19-15(20)13-6-8-14(9-7-13)21-16(17)18/h2-9,16H,10H2,1H3,(H,19,20). The Morgan fingerprint density at radius 2 is 1.71 bits per heavy atom. The van der Waals surface area contributed by atoms with Crippen LogP contribution in [0.25, 0.3) is 0 Å². The average Bonchev–Trinajstić information content (AvgIpc) is 2.46. The van der Waals surface area contributed by atoms with E-state index in [0.717, 1.165) is 11.1 Å². The zero-order valence-electron chi connectivity index (χ0n) is 11.5. The first-order valence-electron chi connectivity index (χ1n) is 6.43. The van der Waals surface area contributed by atoms with E-state index in [2.05, 4.69) is 10.1 Å². The molecule has 0 spiro atoms. The van der Waals surface area contributed by atoms with Gasteiger partial charge < -0.3 is 10.1 Å². The van der Waals surface area contributed by atoms with Gasteiger partial charge >= 0.3 is 6.61 Å². The van der Waals surface area contributed by atoms with Crippen molar-refractivity contribution in [1.29, 1.82) is 0 Å². The zero-order chi connectivity index (χ0) is 15.2. The lowest BCUT2D eigenvalue weighted by Gasteiger charge is -2.07. The van der Waals surface area contributed by atoms with Gasteiger partial charge in [0.25, 0.3) is 5.91 Å². The van der Waals surface area contributed by atoms with E-state index >= 15 is 0 Å². The minimum atomic E-state index is -2.87. The highest BCUT2D eigenvalue weighted by Crippen LogP contribution is 2.15. The van der Waals surface area contributed by atoms with Crippen LogP contribution in [0, 0.1) is 6.92 Å². The van der Waals surface area contributed by atoms with E-state index in [9.17, 15) is 13.6 Å². The third-order valence-corrected chi connectivity index (χ3v) is 2.92. The lowest BCUT2D eigenvalue weighted by atomic mass is 10.1. The molecule has 110 valence electrons. The number of carbonyl (C=O) groups is 1. The van der Waals surface area contributed by atoms with Crippen molar-refractivity contribution in [3.05, 3.63) is 65.2 Å². The third-order valence-electron chi connectivity index (χ3n) is 2.92. The van der Waals surface area contributed by atoms with Gasteiger partial charge in [-0.25, -0.2) is 0 Å². The van der Waals surface area contributed by atoms with Crippen molar-refractivity contribution in [3.8, 4) is 5.75 Å². The van der Waals surface area contributed by atoms with Crippen LogP contribution in [0.4, 0.5) is 8.78 Å². The molecular weight excluding hydrogens is 276 g/mol. The van der Waals surface area contributed by atoms with E-state index in [1.807, 2.05) is 31.2 Å². The summed E-state index contributed by atoms with van der Waals surface area (Å²) in [7, 11) is 0. The molecule has 0 saturated heterocycles. The Balaban J connectivity index is 1.92. The van der Waals surface area contributed by atoms with E-state index < -0.39 is 6.61 Å². The van der Waals surface area contributed by atoms with E-state index in [-0.39, 0.29) is 11.7 Å². The fourth-order valence-electron chi connectivity index (χ4n) is 1.78. The molecule has 0 radical (unpaired) electrons. The number of rotatable bonds is 5. The molecule has 5 heteroatoms. The summed E-state index contributed by atoms with van der Waals surface area (Å²) < 4.78 is 28.3. The van der Waals surface area contributed by atoms with Gasteiger partial charge in [0, 0.05) is 12.1 Å². The lowest BCUT2D eigenvalue weighted by Crippen LogP contribution is -2.22. The summed E-state index contributed by atoms with van der Waals surface area (Å²) in [6.07, 6.45) is 0. The van der Waals surface area contributed by atoms with Crippen LogP contribution in [0.2, 0.25) is 0 Å². The number of nitrogens with one attached hydrogen (secondary N) is 1. The van der Waals surface area contributed by atoms with Crippen LogP contribution >= 0.6 is 0 Å². The molecule has 1 N–H and O–H groups in total. The van der Waals surface area contributed by atoms with Gasteiger partial charge in [-0.1, -0.05) is 29.8 Å². The van der Waals surface area contributed by atoms with Crippen molar-refractivity contribution in [2.45, 2.75) is 20.1 Å². The SMILES string of the molecule is Cc1ccc(CNC(=O)c2ccc(OC(F)F)cc2)cc1. The molecule has 21 heavy (non-hydrogen) atoms. The van der Waals surface area contributed by atoms with Crippen LogP contribution < -0.4 is 10.1 Å². The summed E-state index contributed by atoms with van der Waals surface area (Å²) in [6, 6.07) is 13.4. The smallest absolute Gasteiger partial charge is 0.387 e. The van der Waals surface area contributed by atoms with Crippen LogP contribution in [-0.4, -0.2) is 12.5 Å². The number of benzene rings is 2. The molecule has 2 aromatic rings. The second-order valence-corrected chi connectivity index (χ2v) is 4.57. The van der Waals surface area contributed by atoms with Crippen LogP contribution in [-0.2, 0) is 6.54 Å². The number of ether oxygens (including phenoxy) is 1. The number of hydrogen-bond donors (Lipinski definition) is 1. The molecule has 0 bridgehead atoms. The van der Waals surface area contributed by atoms with Crippen molar-refractivity contribution >= 4 is 5.91 Å². The number of alkyl halides is 2. The first kappa shape index (κ1) is 15.0. The highest BCUT2D eigenvalue weighted by Gasteiger charge is 2.07. The summed E-state index contributed by atoms with van der Waals surface area (Å²) in [4.78, 5) is 11.9. The molecule has 0 aliphatic heterocycles. The third kappa shape index (κ3) is 4.56. The highest BCUT2D eigenvalue weighted by atomic mass is 19.3. The van der Waals surface area contributed by atoms with Gasteiger partial charge in [0.05, 0.1) is 0 Å². The Labute approximate surface area is 121 Å². The number of carbonyl (C=O) groups excluding carboxylic acids is 1. The van der Waals surface area contributed by atoms with Crippen LogP contribution in [0.5, 0.6) is 5.75 Å². The predicted octanol–water partition coefficient (Wildman–Crippen LogP) is 3.53. The summed E-state index contributed by atoms with van der Waals surface area (Å²) in [5.74, 6) is -0.237. The molecule has 2 aromatic carbocycles. The normalized spacial score (nSPS) is 10.5. The molecular formula is C16H15F2NO2. The number of aryl methyl sites for hydroxylation is 1. The molecule has 2 rings (SSSR count). The molecule has 0 aliphatic rings. The Morgan fingerprint density at radius 3 is 2.29 bits per heavy atom. The monoisotopic (exact) mass is 291 g/mol. The Morgan fingerprint density at radius 1 is 1.10 bits per heavy atom. The maximum absolute atomic E-state index is 12.0. The minimum Gasteiger partial charge on any atom is -0.435 e. The quantitative estimate of drug-likeness (QED) is 0.915.